The number of hydrogen-bond donors (Lipinski definition) is 0. The minimum atomic E-state index is -3.19. The fourth-order valence-corrected chi connectivity index (χ4v) is 2.21. The number of aryl methyl sites for hydroxylation is 1. The van der Waals surface area contributed by atoms with E-state index in [0.29, 0.717) is 5.56 Å². The monoisotopic (exact) mass is 252 g/mol. The molecule has 0 aliphatic carbocycles. The topological polar surface area (TPSA) is 34.1 Å². The van der Waals surface area contributed by atoms with Crippen molar-refractivity contribution in [2.24, 2.45) is 0 Å². The van der Waals surface area contributed by atoms with Gasteiger partial charge in [0.2, 0.25) is 0 Å². The van der Waals surface area contributed by atoms with Gasteiger partial charge in [0.05, 0.1) is 4.90 Å². The summed E-state index contributed by atoms with van der Waals surface area (Å²) >= 11 is 11.4. The minimum absolute atomic E-state index is 0.240. The predicted molar refractivity (Wildman–Crippen MR) is 58.7 cm³/mol. The van der Waals surface area contributed by atoms with Gasteiger partial charge in [-0.1, -0.05) is 6.07 Å². The van der Waals surface area contributed by atoms with E-state index < -0.39 is 14.7 Å². The van der Waals surface area contributed by atoms with Crippen LogP contribution < -0.4 is 0 Å². The first-order valence-corrected chi connectivity index (χ1v) is 6.67. The van der Waals surface area contributed by atoms with E-state index in [1.54, 1.807) is 12.1 Å². The molecule has 2 nitrogen and oxygen atoms in total. The molecule has 14 heavy (non-hydrogen) atoms. The maximum absolute atomic E-state index is 11.2. The lowest BCUT2D eigenvalue weighted by atomic mass is 10.1. The Hall–Kier alpha value is -0.250. The second-order valence-corrected chi connectivity index (χ2v) is 6.20. The van der Waals surface area contributed by atoms with Gasteiger partial charge in [0.25, 0.3) is 0 Å². The summed E-state index contributed by atoms with van der Waals surface area (Å²) in [5.41, 5.74) is 1.52. The lowest BCUT2D eigenvalue weighted by Gasteiger charge is -2.08. The summed E-state index contributed by atoms with van der Waals surface area (Å²) in [6.45, 7) is 1.83. The number of halogens is 2. The SMILES string of the molecule is Cc1ccc(S(C)(=O)=O)cc1C(Cl)Cl. The van der Waals surface area contributed by atoms with Gasteiger partial charge in [-0.05, 0) is 30.2 Å². The van der Waals surface area contributed by atoms with Crippen LogP contribution >= 0.6 is 23.2 Å². The number of hydrogen-bond acceptors (Lipinski definition) is 2. The summed E-state index contributed by atoms with van der Waals surface area (Å²) in [5, 5.41) is 0. The van der Waals surface area contributed by atoms with E-state index in [1.807, 2.05) is 6.92 Å². The van der Waals surface area contributed by atoms with E-state index in [9.17, 15) is 8.42 Å². The first-order chi connectivity index (χ1) is 6.32. The van der Waals surface area contributed by atoms with Crippen molar-refractivity contribution in [3.8, 4) is 0 Å². The van der Waals surface area contributed by atoms with Crippen LogP contribution in [0.5, 0.6) is 0 Å². The quantitative estimate of drug-likeness (QED) is 0.759. The van der Waals surface area contributed by atoms with Gasteiger partial charge in [-0.15, -0.1) is 23.2 Å². The third-order valence-corrected chi connectivity index (χ3v) is 3.49. The maximum atomic E-state index is 11.2. The molecule has 0 aliphatic heterocycles. The Balaban J connectivity index is 3.34. The van der Waals surface area contributed by atoms with E-state index in [1.165, 1.54) is 6.07 Å². The summed E-state index contributed by atoms with van der Waals surface area (Å²) in [6.07, 6.45) is 1.15. The second kappa shape index (κ2) is 4.09. The van der Waals surface area contributed by atoms with Crippen LogP contribution in [-0.2, 0) is 9.84 Å². The number of alkyl halides is 2. The molecule has 1 aromatic rings. The maximum Gasteiger partial charge on any atom is 0.175 e. The summed E-state index contributed by atoms with van der Waals surface area (Å²) in [4.78, 5) is -0.457. The Morgan fingerprint density at radius 1 is 1.29 bits per heavy atom. The molecule has 0 aromatic heterocycles. The zero-order chi connectivity index (χ0) is 10.9. The summed E-state index contributed by atoms with van der Waals surface area (Å²) in [6, 6.07) is 4.75. The van der Waals surface area contributed by atoms with E-state index in [4.69, 9.17) is 23.2 Å². The molecule has 0 amide bonds. The van der Waals surface area contributed by atoms with Crippen LogP contribution in [0.3, 0.4) is 0 Å². The molecule has 0 saturated carbocycles. The van der Waals surface area contributed by atoms with Gasteiger partial charge in [-0.3, -0.25) is 0 Å². The lowest BCUT2D eigenvalue weighted by molar-refractivity contribution is 0.602. The lowest BCUT2D eigenvalue weighted by Crippen LogP contribution is -1.99. The van der Waals surface area contributed by atoms with Crippen LogP contribution in [0.4, 0.5) is 0 Å². The van der Waals surface area contributed by atoms with Crippen molar-refractivity contribution < 1.29 is 8.42 Å². The van der Waals surface area contributed by atoms with Crippen molar-refractivity contribution >= 4 is 33.0 Å². The van der Waals surface area contributed by atoms with E-state index in [2.05, 4.69) is 0 Å². The van der Waals surface area contributed by atoms with Crippen LogP contribution in [0.2, 0.25) is 0 Å². The molecule has 0 atom stereocenters. The van der Waals surface area contributed by atoms with Crippen molar-refractivity contribution in [2.75, 3.05) is 6.26 Å². The van der Waals surface area contributed by atoms with Gasteiger partial charge in [0, 0.05) is 6.26 Å². The zero-order valence-electron chi connectivity index (χ0n) is 7.79. The summed E-state index contributed by atoms with van der Waals surface area (Å²) < 4.78 is 22.5. The average Bonchev–Trinajstić information content (AvgIpc) is 2.02. The minimum Gasteiger partial charge on any atom is -0.224 e. The zero-order valence-corrected chi connectivity index (χ0v) is 10.1. The Morgan fingerprint density at radius 3 is 2.29 bits per heavy atom. The van der Waals surface area contributed by atoms with E-state index in [-0.39, 0.29) is 4.90 Å². The largest absolute Gasteiger partial charge is 0.224 e. The van der Waals surface area contributed by atoms with Crippen molar-refractivity contribution in [3.63, 3.8) is 0 Å². The third-order valence-electron chi connectivity index (χ3n) is 1.91. The van der Waals surface area contributed by atoms with Gasteiger partial charge < -0.3 is 0 Å². The highest BCUT2D eigenvalue weighted by Crippen LogP contribution is 2.29. The standard InChI is InChI=1S/C9H10Cl2O2S/c1-6-3-4-7(14(2,12)13)5-8(6)9(10)11/h3-5,9H,1-2H3. The highest BCUT2D eigenvalue weighted by Gasteiger charge is 2.12. The van der Waals surface area contributed by atoms with Gasteiger partial charge in [-0.2, -0.15) is 0 Å². The molecule has 5 heteroatoms. The highest BCUT2D eigenvalue weighted by atomic mass is 35.5. The van der Waals surface area contributed by atoms with Gasteiger partial charge in [-0.25, -0.2) is 8.42 Å². The molecule has 0 unspecified atom stereocenters. The number of rotatable bonds is 2. The van der Waals surface area contributed by atoms with Crippen LogP contribution in [-0.4, -0.2) is 14.7 Å². The Morgan fingerprint density at radius 2 is 1.86 bits per heavy atom. The van der Waals surface area contributed by atoms with Crippen LogP contribution in [0, 0.1) is 6.92 Å². The van der Waals surface area contributed by atoms with Crippen LogP contribution in [0.25, 0.3) is 0 Å². The number of sulfone groups is 1. The van der Waals surface area contributed by atoms with Crippen molar-refractivity contribution in [2.45, 2.75) is 16.7 Å². The van der Waals surface area contributed by atoms with Crippen molar-refractivity contribution in [1.29, 1.82) is 0 Å². The fraction of sp³-hybridized carbons (Fsp3) is 0.333. The molecule has 0 spiro atoms. The molecule has 0 fully saturated rings. The third kappa shape index (κ3) is 2.62. The van der Waals surface area contributed by atoms with Gasteiger partial charge in [0.1, 0.15) is 4.84 Å². The van der Waals surface area contributed by atoms with Crippen molar-refractivity contribution in [3.05, 3.63) is 29.3 Å². The smallest absolute Gasteiger partial charge is 0.175 e. The normalized spacial score (nSPS) is 12.1. The molecule has 1 aromatic carbocycles. The Kier molecular flexibility index (Phi) is 3.45. The van der Waals surface area contributed by atoms with E-state index in [0.717, 1.165) is 11.8 Å². The predicted octanol–water partition coefficient (Wildman–Crippen LogP) is 2.87. The Labute approximate surface area is 93.8 Å². The average molecular weight is 253 g/mol. The first-order valence-electron chi connectivity index (χ1n) is 3.91. The Bertz CT molecular complexity index is 438. The van der Waals surface area contributed by atoms with Crippen LogP contribution in [0.15, 0.2) is 23.1 Å². The molecule has 0 radical (unpaired) electrons. The highest BCUT2D eigenvalue weighted by molar-refractivity contribution is 7.90. The van der Waals surface area contributed by atoms with Gasteiger partial charge in [0.15, 0.2) is 9.84 Å². The molecule has 78 valence electrons. The van der Waals surface area contributed by atoms with Gasteiger partial charge >= 0.3 is 0 Å². The molecule has 0 heterocycles. The molecule has 0 N–H and O–H groups in total. The summed E-state index contributed by atoms with van der Waals surface area (Å²) in [5.74, 6) is 0. The first kappa shape index (κ1) is 11.8. The molecular formula is C9H10Cl2O2S. The molecular weight excluding hydrogens is 243 g/mol. The van der Waals surface area contributed by atoms with E-state index >= 15 is 0 Å². The van der Waals surface area contributed by atoms with Crippen molar-refractivity contribution in [1.82, 2.24) is 0 Å². The summed E-state index contributed by atoms with van der Waals surface area (Å²) in [7, 11) is -3.19. The molecule has 0 aliphatic rings. The second-order valence-electron chi connectivity index (χ2n) is 3.09. The molecule has 0 saturated heterocycles. The van der Waals surface area contributed by atoms with Crippen LogP contribution in [0.1, 0.15) is 16.0 Å². The number of benzene rings is 1. The molecule has 1 rings (SSSR count). The molecule has 0 bridgehead atoms. The fourth-order valence-electron chi connectivity index (χ4n) is 1.08.